The molecule has 8 nitrogen and oxygen atoms in total. The molecule has 2 N–H and O–H groups in total. The highest BCUT2D eigenvalue weighted by Gasteiger charge is 2.20. The summed E-state index contributed by atoms with van der Waals surface area (Å²) in [6.45, 7) is 4.07. The standard InChI is InChI=1S/C21H22F2O4.C19H21F2NO3S/c22-20-17(10-11-18(21(20)23)26-12-4-9-19(24)25)14-5-3-8-16(13-14)27-15-6-1-2-7-15;1-3-12(2)26-19-14(6-4-8-22-19)13-10-15(20)18(16(21)11-13)25-9-5-7-17(23)24/h3,5,8,10-11,13,15H,1-2,4,6-7,9,12H2,(H,24,25);4,6,8,10-12H,3,5,7,9H2,1-2H3,(H,23,24). The number of aromatic nitrogens is 1. The smallest absolute Gasteiger partial charge is 0.303 e. The molecular formula is C40H43F4NO7S. The van der Waals surface area contributed by atoms with Gasteiger partial charge in [-0.15, -0.1) is 11.8 Å². The van der Waals surface area contributed by atoms with E-state index in [-0.39, 0.29) is 56.3 Å². The van der Waals surface area contributed by atoms with Crippen LogP contribution in [-0.2, 0) is 9.59 Å². The fraction of sp³-hybridized carbons (Fsp3) is 0.375. The van der Waals surface area contributed by atoms with Crippen molar-refractivity contribution in [2.45, 2.75) is 88.0 Å². The first-order chi connectivity index (χ1) is 25.5. The third-order valence-electron chi connectivity index (χ3n) is 8.34. The Hall–Kier alpha value is -4.78. The molecule has 1 fully saturated rings. The number of rotatable bonds is 17. The maximum atomic E-state index is 14.5. The minimum absolute atomic E-state index is 0.00667. The molecule has 1 aliphatic rings. The molecule has 4 aromatic rings. The Morgan fingerprint density at radius 2 is 1.49 bits per heavy atom. The monoisotopic (exact) mass is 757 g/mol. The second kappa shape index (κ2) is 20.5. The molecule has 13 heteroatoms. The summed E-state index contributed by atoms with van der Waals surface area (Å²) in [5.74, 6) is -5.72. The van der Waals surface area contributed by atoms with E-state index in [2.05, 4.69) is 18.8 Å². The van der Waals surface area contributed by atoms with E-state index in [1.807, 2.05) is 6.07 Å². The predicted octanol–water partition coefficient (Wildman–Crippen LogP) is 10.4. The summed E-state index contributed by atoms with van der Waals surface area (Å²) in [6, 6.07) is 15.7. The van der Waals surface area contributed by atoms with Crippen LogP contribution in [0.25, 0.3) is 22.3 Å². The number of aliphatic carboxylic acids is 2. The first-order valence-electron chi connectivity index (χ1n) is 17.5. The molecule has 0 saturated heterocycles. The zero-order valence-electron chi connectivity index (χ0n) is 29.6. The van der Waals surface area contributed by atoms with Crippen molar-refractivity contribution >= 4 is 23.7 Å². The minimum atomic E-state index is -1.08. The van der Waals surface area contributed by atoms with Gasteiger partial charge >= 0.3 is 11.9 Å². The summed E-state index contributed by atoms with van der Waals surface area (Å²) in [4.78, 5) is 25.3. The van der Waals surface area contributed by atoms with Gasteiger partial charge in [0.1, 0.15) is 10.8 Å². The number of pyridine rings is 1. The second-order valence-electron chi connectivity index (χ2n) is 12.4. The summed E-state index contributed by atoms with van der Waals surface area (Å²) in [6.07, 6.45) is 7.31. The zero-order valence-corrected chi connectivity index (χ0v) is 30.4. The average Bonchev–Trinajstić information content (AvgIpc) is 3.64. The van der Waals surface area contributed by atoms with Gasteiger partial charge in [0.05, 0.1) is 19.3 Å². The maximum Gasteiger partial charge on any atom is 0.303 e. The first-order valence-corrected chi connectivity index (χ1v) is 18.4. The van der Waals surface area contributed by atoms with Crippen LogP contribution in [0.15, 0.2) is 71.9 Å². The lowest BCUT2D eigenvalue weighted by atomic mass is 10.0. The van der Waals surface area contributed by atoms with E-state index in [4.69, 9.17) is 24.4 Å². The summed E-state index contributed by atoms with van der Waals surface area (Å²) in [5, 5.41) is 18.2. The Labute approximate surface area is 310 Å². The van der Waals surface area contributed by atoms with Crippen LogP contribution in [0.1, 0.15) is 71.6 Å². The highest BCUT2D eigenvalue weighted by Crippen LogP contribution is 2.36. The number of benzene rings is 3. The Morgan fingerprint density at radius 1 is 0.830 bits per heavy atom. The lowest BCUT2D eigenvalue weighted by Crippen LogP contribution is -2.10. The molecule has 1 unspecified atom stereocenters. The quantitative estimate of drug-likeness (QED) is 0.0617. The Bertz CT molecular complexity index is 1810. The van der Waals surface area contributed by atoms with Crippen molar-refractivity contribution in [3.63, 3.8) is 0 Å². The Balaban J connectivity index is 0.000000237. The van der Waals surface area contributed by atoms with Crippen molar-refractivity contribution in [2.75, 3.05) is 13.2 Å². The molecule has 53 heavy (non-hydrogen) atoms. The van der Waals surface area contributed by atoms with E-state index in [0.29, 0.717) is 27.7 Å². The highest BCUT2D eigenvalue weighted by atomic mass is 32.2. The van der Waals surface area contributed by atoms with Gasteiger partial charge in [-0.25, -0.2) is 18.2 Å². The number of hydrogen-bond acceptors (Lipinski definition) is 7. The Morgan fingerprint density at radius 3 is 2.13 bits per heavy atom. The van der Waals surface area contributed by atoms with Gasteiger partial charge in [-0.2, -0.15) is 4.39 Å². The minimum Gasteiger partial charge on any atom is -0.490 e. The molecule has 0 bridgehead atoms. The van der Waals surface area contributed by atoms with Crippen molar-refractivity contribution in [3.05, 3.63) is 90.1 Å². The van der Waals surface area contributed by atoms with E-state index >= 15 is 0 Å². The predicted molar refractivity (Wildman–Crippen MR) is 195 cm³/mol. The molecule has 1 aromatic heterocycles. The zero-order chi connectivity index (χ0) is 38.3. The van der Waals surface area contributed by atoms with Gasteiger partial charge in [0.2, 0.25) is 5.82 Å². The third kappa shape index (κ3) is 12.4. The maximum absolute atomic E-state index is 14.5. The summed E-state index contributed by atoms with van der Waals surface area (Å²) < 4.78 is 73.7. The van der Waals surface area contributed by atoms with Crippen LogP contribution in [0.3, 0.4) is 0 Å². The number of carboxylic acid groups (broad SMARTS) is 2. The normalized spacial score (nSPS) is 13.2. The summed E-state index contributed by atoms with van der Waals surface area (Å²) in [7, 11) is 0. The second-order valence-corrected chi connectivity index (χ2v) is 13.9. The number of nitrogens with zero attached hydrogens (tertiary/aromatic N) is 1. The van der Waals surface area contributed by atoms with E-state index in [1.54, 1.807) is 48.3 Å². The average molecular weight is 758 g/mol. The number of carboxylic acids is 2. The SMILES string of the molecule is CCC(C)Sc1ncccc1-c1cc(F)c(OCCCC(=O)O)c(F)c1.O=C(O)CCCOc1ccc(-c2cccc(OC3CCCC3)c2)c(F)c1F. The summed E-state index contributed by atoms with van der Waals surface area (Å²) in [5.41, 5.74) is 1.70. The topological polar surface area (TPSA) is 115 Å². The molecule has 1 saturated carbocycles. The lowest BCUT2D eigenvalue weighted by Gasteiger charge is -2.14. The molecule has 284 valence electrons. The van der Waals surface area contributed by atoms with Crippen molar-refractivity contribution in [1.29, 1.82) is 0 Å². The van der Waals surface area contributed by atoms with E-state index in [1.165, 1.54) is 24.3 Å². The van der Waals surface area contributed by atoms with Crippen molar-refractivity contribution < 1.29 is 51.6 Å². The number of thioether (sulfide) groups is 1. The highest BCUT2D eigenvalue weighted by molar-refractivity contribution is 8.00. The van der Waals surface area contributed by atoms with Gasteiger partial charge < -0.3 is 24.4 Å². The molecule has 5 rings (SSSR count). The van der Waals surface area contributed by atoms with Crippen LogP contribution in [-0.4, -0.2) is 51.7 Å². The van der Waals surface area contributed by atoms with Crippen molar-refractivity contribution in [1.82, 2.24) is 4.98 Å². The van der Waals surface area contributed by atoms with Crippen LogP contribution in [0.4, 0.5) is 17.6 Å². The van der Waals surface area contributed by atoms with Crippen molar-refractivity contribution in [3.8, 4) is 39.5 Å². The van der Waals surface area contributed by atoms with Crippen molar-refractivity contribution in [2.24, 2.45) is 0 Å². The molecule has 1 aliphatic carbocycles. The molecule has 3 aromatic carbocycles. The van der Waals surface area contributed by atoms with Crippen LogP contribution in [0, 0.1) is 23.3 Å². The van der Waals surface area contributed by atoms with Gasteiger partial charge in [0.15, 0.2) is 29.0 Å². The van der Waals surface area contributed by atoms with Crippen LogP contribution < -0.4 is 14.2 Å². The van der Waals surface area contributed by atoms with Crippen LogP contribution >= 0.6 is 11.8 Å². The molecule has 1 heterocycles. The largest absolute Gasteiger partial charge is 0.490 e. The van der Waals surface area contributed by atoms with E-state index < -0.39 is 41.0 Å². The molecule has 0 amide bonds. The number of ether oxygens (including phenoxy) is 3. The van der Waals surface area contributed by atoms with Gasteiger partial charge in [-0.05, 0) is 98.5 Å². The lowest BCUT2D eigenvalue weighted by molar-refractivity contribution is -0.138. The third-order valence-corrected chi connectivity index (χ3v) is 9.62. The van der Waals surface area contributed by atoms with Crippen LogP contribution in [0.5, 0.6) is 17.2 Å². The number of hydrogen-bond donors (Lipinski definition) is 2. The van der Waals surface area contributed by atoms with Crippen LogP contribution in [0.2, 0.25) is 0 Å². The number of halogens is 4. The van der Waals surface area contributed by atoms with Gasteiger partial charge in [-0.3, -0.25) is 9.59 Å². The molecule has 0 spiro atoms. The summed E-state index contributed by atoms with van der Waals surface area (Å²) >= 11 is 1.56. The van der Waals surface area contributed by atoms with E-state index in [0.717, 1.165) is 37.1 Å². The number of carbonyl (C=O) groups is 2. The molecular weight excluding hydrogens is 714 g/mol. The fourth-order valence-corrected chi connectivity index (χ4v) is 6.42. The van der Waals surface area contributed by atoms with E-state index in [9.17, 15) is 27.2 Å². The first kappa shape index (κ1) is 41.0. The Kier molecular flexibility index (Phi) is 15.8. The van der Waals surface area contributed by atoms with Gasteiger partial charge in [0.25, 0.3) is 0 Å². The van der Waals surface area contributed by atoms with Gasteiger partial charge in [0, 0.05) is 35.4 Å². The molecule has 1 atom stereocenters. The molecule has 0 radical (unpaired) electrons. The van der Waals surface area contributed by atoms with Gasteiger partial charge in [-0.1, -0.05) is 32.0 Å². The molecule has 0 aliphatic heterocycles. The fourth-order valence-electron chi connectivity index (χ4n) is 5.44.